The van der Waals surface area contributed by atoms with Gasteiger partial charge in [-0.1, -0.05) is 18.2 Å². The molecule has 158 valence electrons. The molecule has 1 fully saturated rings. The average molecular weight is 409 g/mol. The Kier molecular flexibility index (Phi) is 5.74. The molecule has 0 saturated heterocycles. The minimum Gasteiger partial charge on any atom is -0.382 e. The zero-order chi connectivity index (χ0) is 21.1. The summed E-state index contributed by atoms with van der Waals surface area (Å²) < 4.78 is 2.19. The first-order valence-corrected chi connectivity index (χ1v) is 10.4. The Balaban J connectivity index is 1.25. The van der Waals surface area contributed by atoms with Crippen molar-refractivity contribution < 1.29 is 9.59 Å². The standard InChI is InChI=1S/C22H28N6O2/c1-27(12-13-28-11-10-15-4-2-3-5-19(15)28)22(30)16-6-8-17(9-7-16)24-21(29)18-14-20(23)26-25-18/h2-5,10-11,14,16-17H,6-9,12-13H2,1H3,(H,24,29)(H3,23,25,26). The lowest BCUT2D eigenvalue weighted by Gasteiger charge is -2.31. The molecular formula is C22H28N6O2. The van der Waals surface area contributed by atoms with E-state index in [-0.39, 0.29) is 23.8 Å². The molecule has 4 rings (SSSR count). The van der Waals surface area contributed by atoms with Crippen LogP contribution in [0.5, 0.6) is 0 Å². The van der Waals surface area contributed by atoms with Gasteiger partial charge in [-0.25, -0.2) is 0 Å². The fraction of sp³-hybridized carbons (Fsp3) is 0.409. The summed E-state index contributed by atoms with van der Waals surface area (Å²) in [7, 11) is 1.88. The van der Waals surface area contributed by atoms with Crippen LogP contribution < -0.4 is 11.1 Å². The van der Waals surface area contributed by atoms with Gasteiger partial charge in [0, 0.05) is 49.9 Å². The molecule has 3 aromatic rings. The summed E-state index contributed by atoms with van der Waals surface area (Å²) in [6.07, 6.45) is 5.23. The molecule has 1 aliphatic carbocycles. The van der Waals surface area contributed by atoms with Crippen LogP contribution in [0.4, 0.5) is 5.82 Å². The number of carbonyl (C=O) groups is 2. The minimum absolute atomic E-state index is 0.0207. The molecule has 30 heavy (non-hydrogen) atoms. The predicted molar refractivity (Wildman–Crippen MR) is 116 cm³/mol. The van der Waals surface area contributed by atoms with Crippen molar-refractivity contribution in [2.45, 2.75) is 38.3 Å². The van der Waals surface area contributed by atoms with Crippen molar-refractivity contribution in [3.8, 4) is 0 Å². The molecular weight excluding hydrogens is 380 g/mol. The molecule has 0 bridgehead atoms. The zero-order valence-corrected chi connectivity index (χ0v) is 17.2. The number of nitrogen functional groups attached to an aromatic ring is 1. The lowest BCUT2D eigenvalue weighted by molar-refractivity contribution is -0.135. The molecule has 1 aromatic carbocycles. The number of aromatic amines is 1. The van der Waals surface area contributed by atoms with Crippen LogP contribution in [-0.4, -0.2) is 51.1 Å². The summed E-state index contributed by atoms with van der Waals surface area (Å²) in [6.45, 7) is 1.45. The Bertz CT molecular complexity index is 1030. The van der Waals surface area contributed by atoms with Crippen molar-refractivity contribution in [1.29, 1.82) is 0 Å². The van der Waals surface area contributed by atoms with Gasteiger partial charge in [0.1, 0.15) is 11.5 Å². The number of nitrogens with two attached hydrogens (primary N) is 1. The first-order chi connectivity index (χ1) is 14.5. The fourth-order valence-corrected chi connectivity index (χ4v) is 4.22. The van der Waals surface area contributed by atoms with E-state index in [0.29, 0.717) is 18.1 Å². The van der Waals surface area contributed by atoms with Crippen molar-refractivity contribution in [2.24, 2.45) is 5.92 Å². The van der Waals surface area contributed by atoms with Crippen LogP contribution in [0.25, 0.3) is 10.9 Å². The molecule has 0 radical (unpaired) electrons. The van der Waals surface area contributed by atoms with Crippen LogP contribution in [-0.2, 0) is 11.3 Å². The highest BCUT2D eigenvalue weighted by molar-refractivity contribution is 5.93. The van der Waals surface area contributed by atoms with Crippen molar-refractivity contribution in [3.63, 3.8) is 0 Å². The van der Waals surface area contributed by atoms with Crippen molar-refractivity contribution in [3.05, 3.63) is 48.3 Å². The molecule has 1 saturated carbocycles. The van der Waals surface area contributed by atoms with Crippen molar-refractivity contribution in [2.75, 3.05) is 19.3 Å². The van der Waals surface area contributed by atoms with Crippen molar-refractivity contribution in [1.82, 2.24) is 25.0 Å². The lowest BCUT2D eigenvalue weighted by atomic mass is 9.85. The molecule has 0 atom stereocenters. The maximum Gasteiger partial charge on any atom is 0.269 e. The van der Waals surface area contributed by atoms with Crippen molar-refractivity contribution >= 4 is 28.5 Å². The predicted octanol–water partition coefficient (Wildman–Crippen LogP) is 2.39. The number of likely N-dealkylation sites (N-methyl/N-ethyl adjacent to an activating group) is 1. The third-order valence-corrected chi connectivity index (χ3v) is 5.99. The molecule has 8 heteroatoms. The van der Waals surface area contributed by atoms with Crippen LogP contribution >= 0.6 is 0 Å². The summed E-state index contributed by atoms with van der Waals surface area (Å²) in [5.74, 6) is 0.306. The van der Waals surface area contributed by atoms with E-state index >= 15 is 0 Å². The Morgan fingerprint density at radius 3 is 2.73 bits per heavy atom. The largest absolute Gasteiger partial charge is 0.382 e. The van der Waals surface area contributed by atoms with Gasteiger partial charge in [0.15, 0.2) is 0 Å². The summed E-state index contributed by atoms with van der Waals surface area (Å²) in [4.78, 5) is 26.9. The second-order valence-electron chi connectivity index (χ2n) is 8.06. The number of nitrogens with zero attached hydrogens (tertiary/aromatic N) is 3. The number of benzene rings is 1. The molecule has 0 aliphatic heterocycles. The Morgan fingerprint density at radius 2 is 2.00 bits per heavy atom. The Labute approximate surface area is 175 Å². The van der Waals surface area contributed by atoms with Gasteiger partial charge in [-0.05, 0) is 43.2 Å². The molecule has 2 amide bonds. The summed E-state index contributed by atoms with van der Waals surface area (Å²) in [5.41, 5.74) is 7.10. The monoisotopic (exact) mass is 408 g/mol. The van der Waals surface area contributed by atoms with Gasteiger partial charge in [-0.15, -0.1) is 0 Å². The summed E-state index contributed by atoms with van der Waals surface area (Å²) in [6, 6.07) is 12.0. The van der Waals surface area contributed by atoms with Gasteiger partial charge in [0.05, 0.1) is 0 Å². The second kappa shape index (κ2) is 8.61. The number of anilines is 1. The van der Waals surface area contributed by atoms with Gasteiger partial charge in [0.2, 0.25) is 5.91 Å². The molecule has 0 unspecified atom stereocenters. The number of hydrogen-bond acceptors (Lipinski definition) is 4. The number of fused-ring (bicyclic) bond motifs is 1. The highest BCUT2D eigenvalue weighted by Gasteiger charge is 2.29. The molecule has 2 aromatic heterocycles. The van der Waals surface area contributed by atoms with Gasteiger partial charge in [-0.2, -0.15) is 5.10 Å². The number of hydrogen-bond donors (Lipinski definition) is 3. The summed E-state index contributed by atoms with van der Waals surface area (Å²) >= 11 is 0. The first kappa shape index (κ1) is 20.0. The third-order valence-electron chi connectivity index (χ3n) is 5.99. The first-order valence-electron chi connectivity index (χ1n) is 10.4. The topological polar surface area (TPSA) is 109 Å². The van der Waals surface area contributed by atoms with E-state index in [1.807, 2.05) is 24.1 Å². The number of rotatable bonds is 6. The molecule has 8 nitrogen and oxygen atoms in total. The molecule has 0 spiro atoms. The maximum absolute atomic E-state index is 12.9. The molecule has 2 heterocycles. The summed E-state index contributed by atoms with van der Waals surface area (Å²) in [5, 5.41) is 10.6. The third kappa shape index (κ3) is 4.32. The van der Waals surface area contributed by atoms with E-state index in [1.54, 1.807) is 0 Å². The number of nitrogens with one attached hydrogen (secondary N) is 2. The van der Waals surface area contributed by atoms with Gasteiger partial charge in [-0.3, -0.25) is 14.7 Å². The average Bonchev–Trinajstić information content (AvgIpc) is 3.38. The van der Waals surface area contributed by atoms with E-state index in [2.05, 4.69) is 44.5 Å². The van der Waals surface area contributed by atoms with Gasteiger partial charge < -0.3 is 20.5 Å². The van der Waals surface area contributed by atoms with Crippen LogP contribution in [0.15, 0.2) is 42.6 Å². The SMILES string of the molecule is CN(CCn1ccc2ccccc21)C(=O)C1CCC(NC(=O)c2cc(N)n[nH]2)CC1. The molecule has 1 aliphatic rings. The quantitative estimate of drug-likeness (QED) is 0.582. The number of amides is 2. The Hall–Kier alpha value is -3.29. The molecule has 4 N–H and O–H groups in total. The fourth-order valence-electron chi connectivity index (χ4n) is 4.22. The Morgan fingerprint density at radius 1 is 1.23 bits per heavy atom. The van der Waals surface area contributed by atoms with E-state index in [4.69, 9.17) is 5.73 Å². The zero-order valence-electron chi connectivity index (χ0n) is 17.2. The van der Waals surface area contributed by atoms with Gasteiger partial charge in [0.25, 0.3) is 5.91 Å². The minimum atomic E-state index is -0.204. The number of H-pyrrole nitrogens is 1. The van der Waals surface area contributed by atoms with E-state index in [1.165, 1.54) is 17.0 Å². The number of para-hydroxylation sites is 1. The normalized spacial score (nSPS) is 19.0. The van der Waals surface area contributed by atoms with Crippen LogP contribution in [0.3, 0.4) is 0 Å². The lowest BCUT2D eigenvalue weighted by Crippen LogP contribution is -2.42. The van der Waals surface area contributed by atoms with E-state index in [9.17, 15) is 9.59 Å². The number of carbonyl (C=O) groups excluding carboxylic acids is 2. The van der Waals surface area contributed by atoms with Crippen LogP contribution in [0.1, 0.15) is 36.2 Å². The highest BCUT2D eigenvalue weighted by Crippen LogP contribution is 2.26. The maximum atomic E-state index is 12.9. The number of aromatic nitrogens is 3. The van der Waals surface area contributed by atoms with Crippen LogP contribution in [0, 0.1) is 5.92 Å². The highest BCUT2D eigenvalue weighted by atomic mass is 16.2. The van der Waals surface area contributed by atoms with Crippen LogP contribution in [0.2, 0.25) is 0 Å². The second-order valence-corrected chi connectivity index (χ2v) is 8.06. The van der Waals surface area contributed by atoms with E-state index < -0.39 is 0 Å². The van der Waals surface area contributed by atoms with Gasteiger partial charge >= 0.3 is 0 Å². The smallest absolute Gasteiger partial charge is 0.269 e. The van der Waals surface area contributed by atoms with E-state index in [0.717, 1.165) is 32.2 Å².